The van der Waals surface area contributed by atoms with E-state index in [9.17, 15) is 4.79 Å². The van der Waals surface area contributed by atoms with Crippen molar-refractivity contribution >= 4 is 29.1 Å². The number of carbonyl (C=O) groups excluding carboxylic acids is 1. The Morgan fingerprint density at radius 1 is 1.13 bits per heavy atom. The minimum Gasteiger partial charge on any atom is -0.365 e. The first-order valence-electron chi connectivity index (χ1n) is 10.3. The number of benzene rings is 1. The summed E-state index contributed by atoms with van der Waals surface area (Å²) < 4.78 is 0. The van der Waals surface area contributed by atoms with E-state index < -0.39 is 0 Å². The molecule has 1 atom stereocenters. The van der Waals surface area contributed by atoms with E-state index >= 15 is 0 Å². The normalized spacial score (nSPS) is 15.9. The van der Waals surface area contributed by atoms with Crippen molar-refractivity contribution in [2.45, 2.75) is 32.1 Å². The summed E-state index contributed by atoms with van der Waals surface area (Å²) in [5.41, 5.74) is 3.99. The quantitative estimate of drug-likeness (QED) is 0.535. The molecule has 0 saturated carbocycles. The Morgan fingerprint density at radius 2 is 1.93 bits per heavy atom. The average Bonchev–Trinajstić information content (AvgIpc) is 3.28. The summed E-state index contributed by atoms with van der Waals surface area (Å²) in [6.07, 6.45) is 4.80. The highest BCUT2D eigenvalue weighted by Gasteiger charge is 2.30. The van der Waals surface area contributed by atoms with Crippen LogP contribution in [0.15, 0.2) is 54.7 Å². The predicted molar refractivity (Wildman–Crippen MR) is 121 cm³/mol. The second kappa shape index (κ2) is 9.23. The SMILES string of the molecule is Cc1cccc(CC(c2ccc[nH]2)C2CCN(C(=O)c3ccc(Cl)c(Cl)c3)CC2)n1. The molecule has 1 unspecified atom stereocenters. The number of rotatable bonds is 5. The van der Waals surface area contributed by atoms with Gasteiger partial charge in [-0.15, -0.1) is 0 Å². The number of hydrogen-bond acceptors (Lipinski definition) is 2. The van der Waals surface area contributed by atoms with Gasteiger partial charge in [-0.25, -0.2) is 0 Å². The maximum absolute atomic E-state index is 12.9. The number of aryl methyl sites for hydroxylation is 1. The summed E-state index contributed by atoms with van der Waals surface area (Å²) in [7, 11) is 0. The number of carbonyl (C=O) groups is 1. The van der Waals surface area contributed by atoms with Crippen molar-refractivity contribution in [3.05, 3.63) is 87.4 Å². The maximum Gasteiger partial charge on any atom is 0.253 e. The maximum atomic E-state index is 12.9. The standard InChI is InChI=1S/C24H25Cl2N3O/c1-16-4-2-5-19(28-16)15-20(23-6-3-11-27-23)17-9-12-29(13-10-17)24(30)18-7-8-21(25)22(26)14-18/h2-8,11,14,17,20,27H,9-10,12-13,15H2,1H3. The van der Waals surface area contributed by atoms with Gasteiger partial charge in [-0.2, -0.15) is 0 Å². The molecule has 4 rings (SSSR count). The van der Waals surface area contributed by atoms with E-state index in [2.05, 4.69) is 29.2 Å². The molecule has 1 fully saturated rings. The molecule has 0 radical (unpaired) electrons. The second-order valence-electron chi connectivity index (χ2n) is 7.96. The van der Waals surface area contributed by atoms with Crippen LogP contribution in [0.25, 0.3) is 0 Å². The van der Waals surface area contributed by atoms with E-state index in [0.29, 0.717) is 27.4 Å². The minimum absolute atomic E-state index is 0.0174. The third-order valence-corrected chi connectivity index (χ3v) is 6.70. The summed E-state index contributed by atoms with van der Waals surface area (Å²) in [5.74, 6) is 0.865. The third-order valence-electron chi connectivity index (χ3n) is 5.96. The average molecular weight is 442 g/mol. The van der Waals surface area contributed by atoms with Gasteiger partial charge < -0.3 is 9.88 Å². The fraction of sp³-hybridized carbons (Fsp3) is 0.333. The molecule has 1 amide bonds. The molecule has 0 spiro atoms. The lowest BCUT2D eigenvalue weighted by atomic mass is 9.79. The van der Waals surface area contributed by atoms with Gasteiger partial charge >= 0.3 is 0 Å². The van der Waals surface area contributed by atoms with Crippen LogP contribution < -0.4 is 0 Å². The highest BCUT2D eigenvalue weighted by molar-refractivity contribution is 6.42. The van der Waals surface area contributed by atoms with Crippen LogP contribution in [0.5, 0.6) is 0 Å². The Hall–Kier alpha value is -2.30. The van der Waals surface area contributed by atoms with Gasteiger partial charge in [0.05, 0.1) is 10.0 Å². The van der Waals surface area contributed by atoms with Crippen LogP contribution in [0.4, 0.5) is 0 Å². The molecule has 1 aliphatic heterocycles. The van der Waals surface area contributed by atoms with Crippen molar-refractivity contribution in [1.82, 2.24) is 14.9 Å². The number of halogens is 2. The summed E-state index contributed by atoms with van der Waals surface area (Å²) >= 11 is 12.1. The van der Waals surface area contributed by atoms with Gasteiger partial charge in [0.1, 0.15) is 0 Å². The number of hydrogen-bond donors (Lipinski definition) is 1. The van der Waals surface area contributed by atoms with Crippen molar-refractivity contribution in [3.63, 3.8) is 0 Å². The van der Waals surface area contributed by atoms with E-state index in [-0.39, 0.29) is 5.91 Å². The lowest BCUT2D eigenvalue weighted by Gasteiger charge is -2.36. The first kappa shape index (κ1) is 21.0. The minimum atomic E-state index is 0.0174. The van der Waals surface area contributed by atoms with E-state index in [1.165, 1.54) is 5.69 Å². The lowest BCUT2D eigenvalue weighted by molar-refractivity contribution is 0.0676. The molecule has 156 valence electrons. The van der Waals surface area contributed by atoms with Crippen LogP contribution in [0.3, 0.4) is 0 Å². The molecule has 3 heterocycles. The smallest absolute Gasteiger partial charge is 0.253 e. The fourth-order valence-corrected chi connectivity index (χ4v) is 4.66. The van der Waals surface area contributed by atoms with E-state index in [1.807, 2.05) is 24.1 Å². The zero-order chi connectivity index (χ0) is 21.1. The van der Waals surface area contributed by atoms with Crippen molar-refractivity contribution in [2.75, 3.05) is 13.1 Å². The van der Waals surface area contributed by atoms with Crippen molar-refractivity contribution in [1.29, 1.82) is 0 Å². The summed E-state index contributed by atoms with van der Waals surface area (Å²) in [6, 6.07) is 15.5. The number of nitrogens with one attached hydrogen (secondary N) is 1. The molecular weight excluding hydrogens is 417 g/mol. The Morgan fingerprint density at radius 3 is 2.60 bits per heavy atom. The number of pyridine rings is 1. The van der Waals surface area contributed by atoms with Gasteiger partial charge in [0.2, 0.25) is 0 Å². The molecule has 30 heavy (non-hydrogen) atoms. The molecule has 3 aromatic rings. The highest BCUT2D eigenvalue weighted by Crippen LogP contribution is 2.35. The predicted octanol–water partition coefficient (Wildman–Crippen LogP) is 5.90. The van der Waals surface area contributed by atoms with Gasteiger partial charge in [-0.1, -0.05) is 29.3 Å². The summed E-state index contributed by atoms with van der Waals surface area (Å²) in [4.78, 5) is 22.9. The first-order chi connectivity index (χ1) is 14.5. The molecule has 2 aromatic heterocycles. The van der Waals surface area contributed by atoms with Crippen molar-refractivity contribution < 1.29 is 4.79 Å². The monoisotopic (exact) mass is 441 g/mol. The van der Waals surface area contributed by atoms with E-state index in [4.69, 9.17) is 28.2 Å². The molecule has 4 nitrogen and oxygen atoms in total. The molecule has 0 bridgehead atoms. The van der Waals surface area contributed by atoms with Crippen LogP contribution in [0.2, 0.25) is 10.0 Å². The zero-order valence-electron chi connectivity index (χ0n) is 16.9. The number of nitrogens with zero attached hydrogens (tertiary/aromatic N) is 2. The van der Waals surface area contributed by atoms with Crippen LogP contribution >= 0.6 is 23.2 Å². The highest BCUT2D eigenvalue weighted by atomic mass is 35.5. The zero-order valence-corrected chi connectivity index (χ0v) is 18.5. The van der Waals surface area contributed by atoms with Crippen LogP contribution in [-0.2, 0) is 6.42 Å². The van der Waals surface area contributed by atoms with Gasteiger partial charge in [0, 0.05) is 47.8 Å². The molecule has 0 aliphatic carbocycles. The number of amides is 1. The summed E-state index contributed by atoms with van der Waals surface area (Å²) in [6.45, 7) is 3.50. The van der Waals surface area contributed by atoms with Crippen LogP contribution in [0, 0.1) is 12.8 Å². The van der Waals surface area contributed by atoms with Crippen molar-refractivity contribution in [3.8, 4) is 0 Å². The molecule has 6 heteroatoms. The Bertz CT molecular complexity index is 1010. The molecule has 1 aromatic carbocycles. The second-order valence-corrected chi connectivity index (χ2v) is 8.78. The fourth-order valence-electron chi connectivity index (χ4n) is 4.36. The molecule has 1 N–H and O–H groups in total. The van der Waals surface area contributed by atoms with Gasteiger partial charge in [-0.05, 0) is 74.6 Å². The Kier molecular flexibility index (Phi) is 6.45. The molecular formula is C24H25Cl2N3O. The van der Waals surface area contributed by atoms with Crippen LogP contribution in [-0.4, -0.2) is 33.9 Å². The number of aromatic nitrogens is 2. The molecule has 1 aliphatic rings. The Balaban J connectivity index is 1.46. The Labute approximate surface area is 187 Å². The van der Waals surface area contributed by atoms with Gasteiger partial charge in [0.15, 0.2) is 0 Å². The largest absolute Gasteiger partial charge is 0.365 e. The molecule has 1 saturated heterocycles. The lowest BCUT2D eigenvalue weighted by Crippen LogP contribution is -2.40. The first-order valence-corrected chi connectivity index (χ1v) is 11.1. The van der Waals surface area contributed by atoms with Crippen molar-refractivity contribution in [2.24, 2.45) is 5.92 Å². The number of H-pyrrole nitrogens is 1. The summed E-state index contributed by atoms with van der Waals surface area (Å²) in [5, 5.41) is 0.875. The van der Waals surface area contributed by atoms with Gasteiger partial charge in [0.25, 0.3) is 5.91 Å². The van der Waals surface area contributed by atoms with E-state index in [0.717, 1.165) is 43.7 Å². The van der Waals surface area contributed by atoms with Crippen LogP contribution in [0.1, 0.15) is 46.2 Å². The van der Waals surface area contributed by atoms with E-state index in [1.54, 1.807) is 18.2 Å². The number of likely N-dealkylation sites (tertiary alicyclic amines) is 1. The topological polar surface area (TPSA) is 49.0 Å². The van der Waals surface area contributed by atoms with Gasteiger partial charge in [-0.3, -0.25) is 9.78 Å². The number of aromatic amines is 1. The number of piperidine rings is 1. The third kappa shape index (κ3) is 4.71.